The highest BCUT2D eigenvalue weighted by atomic mass is 32.1. The Morgan fingerprint density at radius 3 is 2.77 bits per heavy atom. The van der Waals surface area contributed by atoms with Crippen LogP contribution in [0.25, 0.3) is 10.2 Å². The van der Waals surface area contributed by atoms with Crippen LogP contribution in [0.15, 0.2) is 18.2 Å². The molecule has 164 valence electrons. The van der Waals surface area contributed by atoms with Crippen molar-refractivity contribution < 1.29 is 27.5 Å². The van der Waals surface area contributed by atoms with Gasteiger partial charge in [0, 0.05) is 31.6 Å². The summed E-state index contributed by atoms with van der Waals surface area (Å²) in [6.45, 7) is 4.36. The summed E-state index contributed by atoms with van der Waals surface area (Å²) in [5, 5.41) is 2.96. The van der Waals surface area contributed by atoms with E-state index in [-0.39, 0.29) is 41.7 Å². The third-order valence-electron chi connectivity index (χ3n) is 4.99. The van der Waals surface area contributed by atoms with Crippen LogP contribution >= 0.6 is 11.3 Å². The van der Waals surface area contributed by atoms with Crippen LogP contribution in [0, 0.1) is 5.41 Å². The Hall–Kier alpha value is -2.40. The molecule has 2 heterocycles. The van der Waals surface area contributed by atoms with Crippen molar-refractivity contribution in [1.82, 2.24) is 9.88 Å². The molecule has 2 amide bonds. The summed E-state index contributed by atoms with van der Waals surface area (Å²) >= 11 is 1.05. The van der Waals surface area contributed by atoms with Crippen molar-refractivity contribution in [3.63, 3.8) is 0 Å². The van der Waals surface area contributed by atoms with Gasteiger partial charge in [-0.3, -0.25) is 9.59 Å². The molecule has 0 radical (unpaired) electrons. The van der Waals surface area contributed by atoms with Crippen molar-refractivity contribution in [2.75, 3.05) is 18.4 Å². The zero-order chi connectivity index (χ0) is 22.1. The Morgan fingerprint density at radius 2 is 2.10 bits per heavy atom. The Morgan fingerprint density at radius 1 is 1.37 bits per heavy atom. The lowest BCUT2D eigenvalue weighted by Gasteiger charge is -2.32. The average molecular weight is 444 g/mol. The number of halogens is 3. The van der Waals surface area contributed by atoms with E-state index in [1.165, 1.54) is 18.2 Å². The number of carbonyl (C=O) groups excluding carboxylic acids is 2. The first-order valence-corrected chi connectivity index (χ1v) is 10.3. The van der Waals surface area contributed by atoms with Crippen LogP contribution in [0.1, 0.15) is 33.1 Å². The molecule has 1 aliphatic heterocycles. The molecule has 0 bridgehead atoms. The van der Waals surface area contributed by atoms with Crippen LogP contribution < -0.4 is 15.8 Å². The molecule has 7 nitrogen and oxygen atoms in total. The van der Waals surface area contributed by atoms with Crippen molar-refractivity contribution in [3.05, 3.63) is 18.2 Å². The number of ether oxygens (including phenoxy) is 1. The summed E-state index contributed by atoms with van der Waals surface area (Å²) in [6.07, 6.45) is -3.13. The zero-order valence-corrected chi connectivity index (χ0v) is 17.4. The first-order chi connectivity index (χ1) is 14.0. The molecule has 3 N–H and O–H groups in total. The predicted octanol–water partition coefficient (Wildman–Crippen LogP) is 3.50. The normalized spacial score (nSPS) is 17.4. The maximum Gasteiger partial charge on any atom is 0.573 e. The molecule has 1 saturated heterocycles. The molecule has 0 aliphatic carbocycles. The smallest absolute Gasteiger partial charge is 0.406 e. The molecule has 1 fully saturated rings. The fraction of sp³-hybridized carbons (Fsp3) is 0.526. The maximum atomic E-state index is 12.7. The molecule has 0 spiro atoms. The number of nitrogens with one attached hydrogen (secondary N) is 1. The van der Waals surface area contributed by atoms with Crippen molar-refractivity contribution in [3.8, 4) is 5.75 Å². The van der Waals surface area contributed by atoms with E-state index in [1.54, 1.807) is 18.7 Å². The summed E-state index contributed by atoms with van der Waals surface area (Å²) < 4.78 is 41.5. The molecule has 30 heavy (non-hydrogen) atoms. The molecule has 11 heteroatoms. The number of benzene rings is 1. The van der Waals surface area contributed by atoms with Gasteiger partial charge in [0.25, 0.3) is 0 Å². The number of thiazole rings is 1. The van der Waals surface area contributed by atoms with Gasteiger partial charge in [0.15, 0.2) is 5.13 Å². The maximum absolute atomic E-state index is 12.7. The molecule has 1 aromatic heterocycles. The van der Waals surface area contributed by atoms with Gasteiger partial charge in [-0.2, -0.15) is 0 Å². The van der Waals surface area contributed by atoms with Gasteiger partial charge in [-0.15, -0.1) is 13.2 Å². The Bertz CT molecular complexity index is 945. The van der Waals surface area contributed by atoms with E-state index in [1.807, 2.05) is 0 Å². The van der Waals surface area contributed by atoms with E-state index in [2.05, 4.69) is 15.0 Å². The fourth-order valence-corrected chi connectivity index (χ4v) is 4.24. The summed E-state index contributed by atoms with van der Waals surface area (Å²) in [4.78, 5) is 31.2. The first kappa shape index (κ1) is 22.3. The van der Waals surface area contributed by atoms with Gasteiger partial charge in [-0.05, 0) is 38.8 Å². The third-order valence-corrected chi connectivity index (χ3v) is 5.92. The predicted molar refractivity (Wildman–Crippen MR) is 107 cm³/mol. The summed E-state index contributed by atoms with van der Waals surface area (Å²) in [6, 6.07) is 3.57. The number of nitrogens with zero attached hydrogens (tertiary/aromatic N) is 2. The minimum atomic E-state index is -4.78. The lowest BCUT2D eigenvalue weighted by Crippen LogP contribution is -2.47. The lowest BCUT2D eigenvalue weighted by atomic mass is 9.91. The summed E-state index contributed by atoms with van der Waals surface area (Å²) in [5.74, 6) is -0.729. The number of likely N-dealkylation sites (tertiary alicyclic amines) is 1. The Kier molecular flexibility index (Phi) is 6.23. The van der Waals surface area contributed by atoms with E-state index < -0.39 is 11.8 Å². The molecule has 1 aromatic carbocycles. The number of nitrogens with two attached hydrogens (primary N) is 1. The Balaban J connectivity index is 1.65. The van der Waals surface area contributed by atoms with Crippen LogP contribution in [-0.4, -0.2) is 47.2 Å². The minimum Gasteiger partial charge on any atom is -0.406 e. The number of aromatic nitrogens is 1. The van der Waals surface area contributed by atoms with Crippen LogP contribution in [0.2, 0.25) is 0 Å². The topological polar surface area (TPSA) is 97.6 Å². The molecule has 2 aromatic rings. The number of fused-ring (bicyclic) bond motifs is 1. The molecule has 0 unspecified atom stereocenters. The minimum absolute atomic E-state index is 0.0718. The largest absolute Gasteiger partial charge is 0.573 e. The summed E-state index contributed by atoms with van der Waals surface area (Å²) in [5.41, 5.74) is 5.46. The van der Waals surface area contributed by atoms with E-state index in [0.717, 1.165) is 24.2 Å². The molecule has 1 atom stereocenters. The first-order valence-electron chi connectivity index (χ1n) is 9.46. The molecule has 3 rings (SSSR count). The SMILES string of the molecule is CC(C)(CN)C(=O)N1CCC[C@@H]1CC(=O)Nc1nc2ccc(OC(F)(F)F)cc2s1. The number of hydrogen-bond donors (Lipinski definition) is 2. The average Bonchev–Trinajstić information content (AvgIpc) is 3.25. The highest BCUT2D eigenvalue weighted by molar-refractivity contribution is 7.22. The quantitative estimate of drug-likeness (QED) is 0.711. The van der Waals surface area contributed by atoms with Crippen LogP contribution in [0.5, 0.6) is 5.75 Å². The molecule has 1 aliphatic rings. The third kappa shape index (κ3) is 5.20. The lowest BCUT2D eigenvalue weighted by molar-refractivity contribution is -0.274. The second-order valence-corrected chi connectivity index (χ2v) is 8.86. The second-order valence-electron chi connectivity index (χ2n) is 7.83. The van der Waals surface area contributed by atoms with E-state index in [4.69, 9.17) is 5.73 Å². The van der Waals surface area contributed by atoms with Crippen molar-refractivity contribution >= 4 is 38.5 Å². The number of alkyl halides is 3. The van der Waals surface area contributed by atoms with E-state index >= 15 is 0 Å². The number of anilines is 1. The van der Waals surface area contributed by atoms with Gasteiger partial charge >= 0.3 is 6.36 Å². The van der Waals surface area contributed by atoms with Crippen LogP contribution in [-0.2, 0) is 9.59 Å². The van der Waals surface area contributed by atoms with E-state index in [9.17, 15) is 22.8 Å². The monoisotopic (exact) mass is 444 g/mol. The Labute approximate surface area is 175 Å². The standard InChI is InChI=1S/C19H23F3N4O3S/c1-18(2,10-23)16(28)26-7-3-4-11(26)8-15(27)25-17-24-13-6-5-12(9-14(13)30-17)29-19(20,21)22/h5-6,9,11H,3-4,7-8,10,23H2,1-2H3,(H,24,25,27)/t11-/m1/s1. The zero-order valence-electron chi connectivity index (χ0n) is 16.6. The van der Waals surface area contributed by atoms with Gasteiger partial charge in [-0.25, -0.2) is 4.98 Å². The summed E-state index contributed by atoms with van der Waals surface area (Å²) in [7, 11) is 0. The number of rotatable bonds is 6. The number of carbonyl (C=O) groups is 2. The van der Waals surface area contributed by atoms with Gasteiger partial charge in [-0.1, -0.05) is 11.3 Å². The van der Waals surface area contributed by atoms with Gasteiger partial charge in [0.1, 0.15) is 5.75 Å². The molecular weight excluding hydrogens is 421 g/mol. The van der Waals surface area contributed by atoms with E-state index in [0.29, 0.717) is 16.8 Å². The second kappa shape index (κ2) is 8.38. The van der Waals surface area contributed by atoms with Crippen molar-refractivity contribution in [2.24, 2.45) is 11.1 Å². The van der Waals surface area contributed by atoms with Crippen molar-refractivity contribution in [1.29, 1.82) is 0 Å². The molecular formula is C19H23F3N4O3S. The number of hydrogen-bond acceptors (Lipinski definition) is 6. The number of amides is 2. The van der Waals surface area contributed by atoms with Gasteiger partial charge in [0.2, 0.25) is 11.8 Å². The van der Waals surface area contributed by atoms with Gasteiger partial charge in [0.05, 0.1) is 15.6 Å². The highest BCUT2D eigenvalue weighted by Crippen LogP contribution is 2.32. The molecule has 0 saturated carbocycles. The fourth-order valence-electron chi connectivity index (χ4n) is 3.33. The van der Waals surface area contributed by atoms with Gasteiger partial charge < -0.3 is 20.7 Å². The van der Waals surface area contributed by atoms with Crippen LogP contribution in [0.4, 0.5) is 18.3 Å². The van der Waals surface area contributed by atoms with Crippen molar-refractivity contribution in [2.45, 2.75) is 45.5 Å². The highest BCUT2D eigenvalue weighted by Gasteiger charge is 2.37. The van der Waals surface area contributed by atoms with Crippen LogP contribution in [0.3, 0.4) is 0 Å².